The second-order valence-electron chi connectivity index (χ2n) is 9.21. The van der Waals surface area contributed by atoms with Crippen molar-refractivity contribution in [2.24, 2.45) is 22.7 Å². The van der Waals surface area contributed by atoms with Gasteiger partial charge < -0.3 is 4.90 Å². The minimum atomic E-state index is -4.64. The molecule has 3 rings (SSSR count). The highest BCUT2D eigenvalue weighted by atomic mass is 35.5. The Morgan fingerprint density at radius 2 is 1.70 bits per heavy atom. The van der Waals surface area contributed by atoms with Crippen LogP contribution in [0.2, 0.25) is 10.0 Å². The third-order valence-electron chi connectivity index (χ3n) is 5.36. The topological polar surface area (TPSA) is 50.5 Å². The maximum atomic E-state index is 13.9. The number of hydrogen-bond donors (Lipinski definition) is 0. The molecule has 0 radical (unpaired) electrons. The van der Waals surface area contributed by atoms with Crippen molar-refractivity contribution in [3.05, 3.63) is 45.6 Å². The van der Waals surface area contributed by atoms with Gasteiger partial charge in [0.1, 0.15) is 5.92 Å². The van der Waals surface area contributed by atoms with Crippen LogP contribution in [0.1, 0.15) is 51.9 Å². The average Bonchev–Trinajstić information content (AvgIpc) is 3.11. The second kappa shape index (κ2) is 9.66. The van der Waals surface area contributed by atoms with Crippen LogP contribution >= 0.6 is 23.2 Å². The van der Waals surface area contributed by atoms with Gasteiger partial charge in [-0.3, -0.25) is 4.79 Å². The Morgan fingerprint density at radius 3 is 2.21 bits per heavy atom. The first kappa shape index (κ1) is 25.6. The molecule has 1 amide bonds. The van der Waals surface area contributed by atoms with Gasteiger partial charge in [-0.2, -0.15) is 18.3 Å². The molecule has 0 N–H and O–H groups in total. The molecule has 5 nitrogen and oxygen atoms in total. The van der Waals surface area contributed by atoms with E-state index in [1.54, 1.807) is 30.0 Å². The lowest BCUT2D eigenvalue weighted by atomic mass is 9.86. The Kier molecular flexibility index (Phi) is 7.49. The van der Waals surface area contributed by atoms with Gasteiger partial charge in [0.25, 0.3) is 0 Å². The second-order valence-corrected chi connectivity index (χ2v) is 10.0. The van der Waals surface area contributed by atoms with E-state index >= 15 is 0 Å². The van der Waals surface area contributed by atoms with Crippen LogP contribution in [0.15, 0.2) is 29.3 Å². The number of aliphatic imine (C=N–C) groups is 1. The van der Waals surface area contributed by atoms with Gasteiger partial charge in [-0.1, -0.05) is 57.0 Å². The molecule has 1 aliphatic heterocycles. The number of halogens is 5. The van der Waals surface area contributed by atoms with E-state index < -0.39 is 23.8 Å². The van der Waals surface area contributed by atoms with Crippen LogP contribution in [0.5, 0.6) is 0 Å². The normalized spacial score (nSPS) is 18.5. The van der Waals surface area contributed by atoms with E-state index in [9.17, 15) is 18.0 Å². The molecule has 1 aromatic carbocycles. The van der Waals surface area contributed by atoms with Gasteiger partial charge in [0.15, 0.2) is 11.5 Å². The first-order chi connectivity index (χ1) is 15.3. The summed E-state index contributed by atoms with van der Waals surface area (Å²) in [7, 11) is 0. The standard InChI is InChI=1S/C23H27Cl2F3N4O/c1-12(2)10-31(11-13(3)4)22(33)20-14(5)29-19-9-18(23(26,27)28)30-32(19)21(20)15-6-7-16(24)17(25)8-15/h6-9,12-13,20-21H,10-11H2,1-5H3. The quantitative estimate of drug-likeness (QED) is 0.443. The highest BCUT2D eigenvalue weighted by molar-refractivity contribution is 6.42. The average molecular weight is 503 g/mol. The van der Waals surface area contributed by atoms with E-state index in [0.29, 0.717) is 29.4 Å². The van der Waals surface area contributed by atoms with Crippen LogP contribution in [0, 0.1) is 17.8 Å². The lowest BCUT2D eigenvalue weighted by Gasteiger charge is -2.36. The number of carbonyl (C=O) groups is 1. The summed E-state index contributed by atoms with van der Waals surface area (Å²) in [5.74, 6) is -0.569. The minimum Gasteiger partial charge on any atom is -0.342 e. The molecule has 180 valence electrons. The molecule has 10 heteroatoms. The number of nitrogens with zero attached hydrogens (tertiary/aromatic N) is 4. The summed E-state index contributed by atoms with van der Waals surface area (Å²) in [6.45, 7) is 10.8. The number of rotatable bonds is 6. The summed E-state index contributed by atoms with van der Waals surface area (Å²) >= 11 is 12.3. The molecule has 2 aromatic rings. The number of alkyl halides is 3. The Morgan fingerprint density at radius 1 is 1.09 bits per heavy atom. The monoisotopic (exact) mass is 502 g/mol. The van der Waals surface area contributed by atoms with E-state index in [4.69, 9.17) is 23.2 Å². The van der Waals surface area contributed by atoms with Gasteiger partial charge in [0.2, 0.25) is 5.91 Å². The molecule has 0 bridgehead atoms. The van der Waals surface area contributed by atoms with Crippen molar-refractivity contribution < 1.29 is 18.0 Å². The molecule has 0 saturated carbocycles. The molecule has 0 spiro atoms. The van der Waals surface area contributed by atoms with Gasteiger partial charge in [-0.15, -0.1) is 0 Å². The molecule has 0 fully saturated rings. The first-order valence-corrected chi connectivity index (χ1v) is 11.5. The fourth-order valence-electron chi connectivity index (χ4n) is 4.11. The fraction of sp³-hybridized carbons (Fsp3) is 0.522. The summed E-state index contributed by atoms with van der Waals surface area (Å²) in [6, 6.07) is 4.84. The van der Waals surface area contributed by atoms with E-state index in [0.717, 1.165) is 6.07 Å². The number of aromatic nitrogens is 2. The summed E-state index contributed by atoms with van der Waals surface area (Å²) in [5, 5.41) is 4.37. The van der Waals surface area contributed by atoms with Crippen molar-refractivity contribution in [2.75, 3.05) is 13.1 Å². The van der Waals surface area contributed by atoms with Crippen LogP contribution in [-0.2, 0) is 11.0 Å². The largest absolute Gasteiger partial charge is 0.435 e. The predicted octanol–water partition coefficient (Wildman–Crippen LogP) is 6.66. The maximum absolute atomic E-state index is 13.9. The van der Waals surface area contributed by atoms with Crippen molar-refractivity contribution in [1.82, 2.24) is 14.7 Å². The van der Waals surface area contributed by atoms with Crippen LogP contribution in [0.3, 0.4) is 0 Å². The van der Waals surface area contributed by atoms with Crippen molar-refractivity contribution in [3.8, 4) is 0 Å². The summed E-state index contributed by atoms with van der Waals surface area (Å²) in [5.41, 5.74) is -0.104. The Bertz CT molecular complexity index is 1050. The number of fused-ring (bicyclic) bond motifs is 1. The smallest absolute Gasteiger partial charge is 0.342 e. The van der Waals surface area contributed by atoms with E-state index in [2.05, 4.69) is 10.1 Å². The molecule has 2 unspecified atom stereocenters. The summed E-state index contributed by atoms with van der Waals surface area (Å²) in [4.78, 5) is 20.0. The number of hydrogen-bond acceptors (Lipinski definition) is 3. The van der Waals surface area contributed by atoms with Crippen LogP contribution in [0.25, 0.3) is 0 Å². The number of carbonyl (C=O) groups excluding carboxylic acids is 1. The predicted molar refractivity (Wildman–Crippen MR) is 124 cm³/mol. The van der Waals surface area contributed by atoms with Crippen LogP contribution in [-0.4, -0.2) is 39.4 Å². The Balaban J connectivity index is 2.17. The van der Waals surface area contributed by atoms with E-state index in [1.165, 1.54) is 4.68 Å². The van der Waals surface area contributed by atoms with Gasteiger partial charge in [0, 0.05) is 24.9 Å². The molecule has 2 atom stereocenters. The number of benzene rings is 1. The molecular weight excluding hydrogens is 476 g/mol. The third kappa shape index (κ3) is 5.54. The molecular formula is C23H27Cl2F3N4O. The maximum Gasteiger partial charge on any atom is 0.435 e. The SMILES string of the molecule is CC1=Nc2cc(C(F)(F)F)nn2C(c2ccc(Cl)c(Cl)c2)C1C(=O)N(CC(C)C)CC(C)C. The highest BCUT2D eigenvalue weighted by Crippen LogP contribution is 2.41. The van der Waals surface area contributed by atoms with Gasteiger partial charge in [-0.05, 0) is 36.5 Å². The summed E-state index contributed by atoms with van der Waals surface area (Å²) < 4.78 is 41.5. The minimum absolute atomic E-state index is 0.0409. The van der Waals surface area contributed by atoms with Gasteiger partial charge in [-0.25, -0.2) is 9.67 Å². The van der Waals surface area contributed by atoms with Crippen LogP contribution in [0.4, 0.5) is 19.0 Å². The zero-order valence-corrected chi connectivity index (χ0v) is 20.6. The Hall–Kier alpha value is -2.06. The molecule has 1 aliphatic rings. The highest BCUT2D eigenvalue weighted by Gasteiger charge is 2.43. The Labute approximate surface area is 201 Å². The van der Waals surface area contributed by atoms with Gasteiger partial charge >= 0.3 is 6.18 Å². The lowest BCUT2D eigenvalue weighted by molar-refractivity contribution is -0.141. The van der Waals surface area contributed by atoms with E-state index in [1.807, 2.05) is 27.7 Å². The lowest BCUT2D eigenvalue weighted by Crippen LogP contribution is -2.47. The van der Waals surface area contributed by atoms with Crippen LogP contribution < -0.4 is 0 Å². The fourth-order valence-corrected chi connectivity index (χ4v) is 4.41. The van der Waals surface area contributed by atoms with Crippen molar-refractivity contribution in [3.63, 3.8) is 0 Å². The van der Waals surface area contributed by atoms with Gasteiger partial charge in [0.05, 0.1) is 16.1 Å². The molecule has 0 aliphatic carbocycles. The van der Waals surface area contributed by atoms with Crippen molar-refractivity contribution >= 4 is 40.6 Å². The zero-order chi connectivity index (χ0) is 24.7. The molecule has 33 heavy (non-hydrogen) atoms. The van der Waals surface area contributed by atoms with Crippen molar-refractivity contribution in [2.45, 2.75) is 46.8 Å². The first-order valence-electron chi connectivity index (χ1n) is 10.7. The number of amides is 1. The third-order valence-corrected chi connectivity index (χ3v) is 6.10. The zero-order valence-electron chi connectivity index (χ0n) is 19.1. The van der Waals surface area contributed by atoms with Crippen molar-refractivity contribution in [1.29, 1.82) is 0 Å². The van der Waals surface area contributed by atoms with E-state index in [-0.39, 0.29) is 28.6 Å². The summed E-state index contributed by atoms with van der Waals surface area (Å²) in [6.07, 6.45) is -4.64. The molecule has 1 aromatic heterocycles. The molecule has 0 saturated heterocycles. The molecule has 2 heterocycles.